The van der Waals surface area contributed by atoms with E-state index < -0.39 is 5.95 Å². The number of pyridine rings is 1. The molecule has 1 fully saturated rings. The first-order valence-electron chi connectivity index (χ1n) is 5.78. The fourth-order valence-corrected chi connectivity index (χ4v) is 2.21. The van der Waals surface area contributed by atoms with Gasteiger partial charge in [-0.25, -0.2) is 4.98 Å². The molecule has 1 saturated heterocycles. The average Bonchev–Trinajstić information content (AvgIpc) is 2.30. The number of aliphatic hydroxyl groups is 1. The lowest BCUT2D eigenvalue weighted by molar-refractivity contribution is 0.240. The van der Waals surface area contributed by atoms with E-state index in [0.717, 1.165) is 38.2 Å². The van der Waals surface area contributed by atoms with Crippen LogP contribution in [-0.2, 0) is 0 Å². The molecule has 1 aromatic rings. The molecule has 1 aliphatic rings. The van der Waals surface area contributed by atoms with Gasteiger partial charge in [0.05, 0.1) is 0 Å². The summed E-state index contributed by atoms with van der Waals surface area (Å²) in [6.07, 6.45) is 2.99. The molecule has 0 amide bonds. The van der Waals surface area contributed by atoms with E-state index in [9.17, 15) is 4.39 Å². The predicted octanol–water partition coefficient (Wildman–Crippen LogP) is 1.82. The van der Waals surface area contributed by atoms with Crippen molar-refractivity contribution in [2.24, 2.45) is 5.92 Å². The van der Waals surface area contributed by atoms with Crippen LogP contribution >= 0.6 is 0 Å². The molecule has 2 rings (SSSR count). The molecule has 0 saturated carbocycles. The smallest absolute Gasteiger partial charge is 0.214 e. The van der Waals surface area contributed by atoms with E-state index >= 15 is 0 Å². The first-order valence-corrected chi connectivity index (χ1v) is 5.78. The van der Waals surface area contributed by atoms with Crippen molar-refractivity contribution in [3.63, 3.8) is 0 Å². The number of rotatable bonds is 3. The SMILES string of the molecule is OCCC1CCN(c2cccc(F)n2)CC1. The van der Waals surface area contributed by atoms with Crippen LogP contribution in [0.4, 0.5) is 10.2 Å². The van der Waals surface area contributed by atoms with E-state index in [0.29, 0.717) is 5.92 Å². The van der Waals surface area contributed by atoms with Crippen LogP contribution in [0, 0.1) is 11.9 Å². The molecule has 0 unspecified atom stereocenters. The van der Waals surface area contributed by atoms with Crippen molar-refractivity contribution in [1.82, 2.24) is 4.98 Å². The Labute approximate surface area is 94.9 Å². The van der Waals surface area contributed by atoms with E-state index in [2.05, 4.69) is 9.88 Å². The van der Waals surface area contributed by atoms with Crippen LogP contribution < -0.4 is 4.90 Å². The minimum Gasteiger partial charge on any atom is -0.396 e. The van der Waals surface area contributed by atoms with Crippen LogP contribution in [0.1, 0.15) is 19.3 Å². The van der Waals surface area contributed by atoms with Crippen molar-refractivity contribution in [1.29, 1.82) is 0 Å². The highest BCUT2D eigenvalue weighted by Crippen LogP contribution is 2.23. The first kappa shape index (κ1) is 11.3. The number of halogens is 1. The van der Waals surface area contributed by atoms with Crippen LogP contribution in [0.25, 0.3) is 0 Å². The normalized spacial score (nSPS) is 17.8. The highest BCUT2D eigenvalue weighted by Gasteiger charge is 2.19. The second-order valence-electron chi connectivity index (χ2n) is 4.26. The Kier molecular flexibility index (Phi) is 3.72. The van der Waals surface area contributed by atoms with Gasteiger partial charge < -0.3 is 10.0 Å². The van der Waals surface area contributed by atoms with Gasteiger partial charge in [-0.15, -0.1) is 0 Å². The summed E-state index contributed by atoms with van der Waals surface area (Å²) in [5.74, 6) is 0.909. The standard InChI is InChI=1S/C12H17FN2O/c13-11-2-1-3-12(14-11)15-7-4-10(5-8-15)6-9-16/h1-3,10,16H,4-9H2. The second kappa shape index (κ2) is 5.25. The summed E-state index contributed by atoms with van der Waals surface area (Å²) < 4.78 is 12.9. The van der Waals surface area contributed by atoms with E-state index in [1.54, 1.807) is 6.07 Å². The maximum Gasteiger partial charge on any atom is 0.214 e. The molecular formula is C12H17FN2O. The summed E-state index contributed by atoms with van der Waals surface area (Å²) in [6, 6.07) is 4.90. The number of aliphatic hydroxyl groups excluding tert-OH is 1. The highest BCUT2D eigenvalue weighted by atomic mass is 19.1. The number of nitrogens with zero attached hydrogens (tertiary/aromatic N) is 2. The van der Waals surface area contributed by atoms with Crippen molar-refractivity contribution in [2.45, 2.75) is 19.3 Å². The van der Waals surface area contributed by atoms with Crippen LogP contribution in [0.3, 0.4) is 0 Å². The van der Waals surface area contributed by atoms with Gasteiger partial charge in [0.25, 0.3) is 0 Å². The average molecular weight is 224 g/mol. The third kappa shape index (κ3) is 2.70. The lowest BCUT2D eigenvalue weighted by atomic mass is 9.94. The number of hydrogen-bond acceptors (Lipinski definition) is 3. The summed E-state index contributed by atoms with van der Waals surface area (Å²) >= 11 is 0. The molecule has 1 aromatic heterocycles. The van der Waals surface area contributed by atoms with E-state index in [4.69, 9.17) is 5.11 Å². The molecule has 88 valence electrons. The van der Waals surface area contributed by atoms with Gasteiger partial charge in [0, 0.05) is 19.7 Å². The Balaban J connectivity index is 1.94. The molecule has 0 spiro atoms. The van der Waals surface area contributed by atoms with Crippen molar-refractivity contribution >= 4 is 5.82 Å². The quantitative estimate of drug-likeness (QED) is 0.796. The number of aromatic nitrogens is 1. The Morgan fingerprint density at radius 2 is 2.12 bits per heavy atom. The zero-order chi connectivity index (χ0) is 11.4. The van der Waals surface area contributed by atoms with Crippen LogP contribution in [0.15, 0.2) is 18.2 Å². The molecule has 16 heavy (non-hydrogen) atoms. The maximum atomic E-state index is 12.9. The first-order chi connectivity index (χ1) is 7.79. The number of hydrogen-bond donors (Lipinski definition) is 1. The van der Waals surface area contributed by atoms with Gasteiger partial charge in [0.1, 0.15) is 5.82 Å². The molecule has 0 atom stereocenters. The third-order valence-corrected chi connectivity index (χ3v) is 3.18. The Morgan fingerprint density at radius 1 is 1.38 bits per heavy atom. The number of piperidine rings is 1. The Morgan fingerprint density at radius 3 is 2.75 bits per heavy atom. The van der Waals surface area contributed by atoms with Crippen LogP contribution in [0.2, 0.25) is 0 Å². The van der Waals surface area contributed by atoms with Crippen molar-refractivity contribution in [3.8, 4) is 0 Å². The molecule has 4 heteroatoms. The number of anilines is 1. The molecule has 1 N–H and O–H groups in total. The molecule has 0 bridgehead atoms. The lowest BCUT2D eigenvalue weighted by Crippen LogP contribution is -2.34. The van der Waals surface area contributed by atoms with E-state index in [-0.39, 0.29) is 6.61 Å². The van der Waals surface area contributed by atoms with Gasteiger partial charge in [0.2, 0.25) is 5.95 Å². The topological polar surface area (TPSA) is 36.4 Å². The summed E-state index contributed by atoms with van der Waals surface area (Å²) in [5, 5.41) is 8.86. The largest absolute Gasteiger partial charge is 0.396 e. The van der Waals surface area contributed by atoms with Gasteiger partial charge in [0.15, 0.2) is 0 Å². The fraction of sp³-hybridized carbons (Fsp3) is 0.583. The fourth-order valence-electron chi connectivity index (χ4n) is 2.21. The molecule has 1 aliphatic heterocycles. The summed E-state index contributed by atoms with van der Waals surface area (Å²) in [7, 11) is 0. The van der Waals surface area contributed by atoms with Gasteiger partial charge in [-0.1, -0.05) is 6.07 Å². The maximum absolute atomic E-state index is 12.9. The zero-order valence-corrected chi connectivity index (χ0v) is 9.27. The van der Waals surface area contributed by atoms with Crippen LogP contribution in [0.5, 0.6) is 0 Å². The van der Waals surface area contributed by atoms with Gasteiger partial charge in [-0.05, 0) is 37.3 Å². The van der Waals surface area contributed by atoms with Crippen molar-refractivity contribution < 1.29 is 9.50 Å². The second-order valence-corrected chi connectivity index (χ2v) is 4.26. The van der Waals surface area contributed by atoms with Crippen molar-refractivity contribution in [2.75, 3.05) is 24.6 Å². The zero-order valence-electron chi connectivity index (χ0n) is 9.27. The molecule has 3 nitrogen and oxygen atoms in total. The Hall–Kier alpha value is -1.16. The van der Waals surface area contributed by atoms with Gasteiger partial charge in [-0.3, -0.25) is 0 Å². The minimum absolute atomic E-state index is 0.267. The molecule has 0 radical (unpaired) electrons. The summed E-state index contributed by atoms with van der Waals surface area (Å²) in [5.41, 5.74) is 0. The van der Waals surface area contributed by atoms with Gasteiger partial charge >= 0.3 is 0 Å². The predicted molar refractivity (Wildman–Crippen MR) is 60.8 cm³/mol. The van der Waals surface area contributed by atoms with Crippen molar-refractivity contribution in [3.05, 3.63) is 24.1 Å². The molecule has 0 aromatic carbocycles. The molecule has 0 aliphatic carbocycles. The molecule has 2 heterocycles. The Bertz CT molecular complexity index is 338. The minimum atomic E-state index is -0.421. The van der Waals surface area contributed by atoms with E-state index in [1.807, 2.05) is 6.07 Å². The van der Waals surface area contributed by atoms with Crippen LogP contribution in [-0.4, -0.2) is 29.8 Å². The third-order valence-electron chi connectivity index (χ3n) is 3.18. The monoisotopic (exact) mass is 224 g/mol. The van der Waals surface area contributed by atoms with E-state index in [1.165, 1.54) is 6.07 Å². The highest BCUT2D eigenvalue weighted by molar-refractivity contribution is 5.38. The summed E-state index contributed by atoms with van der Waals surface area (Å²) in [4.78, 5) is 5.99. The van der Waals surface area contributed by atoms with Gasteiger partial charge in [-0.2, -0.15) is 4.39 Å². The molecular weight excluding hydrogens is 207 g/mol. The lowest BCUT2D eigenvalue weighted by Gasteiger charge is -2.32. The summed E-state index contributed by atoms with van der Waals surface area (Å²) in [6.45, 7) is 2.07.